The minimum absolute atomic E-state index is 0.0615. The van der Waals surface area contributed by atoms with E-state index in [1.807, 2.05) is 37.2 Å². The van der Waals surface area contributed by atoms with E-state index in [1.54, 1.807) is 0 Å². The maximum Gasteiger partial charge on any atom is 0.227 e. The molecule has 2 amide bonds. The second-order valence-electron chi connectivity index (χ2n) is 9.09. The topological polar surface area (TPSA) is 57.1 Å². The average Bonchev–Trinajstić information content (AvgIpc) is 2.64. The molecule has 1 aromatic carbocycles. The third-order valence-corrected chi connectivity index (χ3v) is 6.19. The summed E-state index contributed by atoms with van der Waals surface area (Å²) in [7, 11) is 8.26. The fraction of sp³-hybridized carbons (Fsp3) is 0.667. The van der Waals surface area contributed by atoms with E-state index in [2.05, 4.69) is 38.2 Å². The zero-order chi connectivity index (χ0) is 22.3. The Morgan fingerprint density at radius 1 is 1.17 bits per heavy atom. The van der Waals surface area contributed by atoms with Crippen molar-refractivity contribution in [3.63, 3.8) is 0 Å². The van der Waals surface area contributed by atoms with Crippen LogP contribution in [-0.4, -0.2) is 58.0 Å². The van der Waals surface area contributed by atoms with Gasteiger partial charge in [-0.2, -0.15) is 0 Å². The predicted molar refractivity (Wildman–Crippen MR) is 124 cm³/mol. The first-order chi connectivity index (χ1) is 14.3. The minimum atomic E-state index is 0.0615. The normalized spacial score (nSPS) is 14.0. The van der Waals surface area contributed by atoms with E-state index in [-0.39, 0.29) is 23.7 Å². The van der Waals surface area contributed by atoms with Crippen LogP contribution >= 0.6 is 0 Å². The van der Waals surface area contributed by atoms with Gasteiger partial charge in [0.25, 0.3) is 0 Å². The van der Waals surface area contributed by atoms with Crippen molar-refractivity contribution in [3.05, 3.63) is 23.8 Å². The van der Waals surface area contributed by atoms with Crippen molar-refractivity contribution in [1.82, 2.24) is 4.90 Å². The molecule has 0 saturated heterocycles. The summed E-state index contributed by atoms with van der Waals surface area (Å²) in [4.78, 5) is 31.0. The van der Waals surface area contributed by atoms with Crippen molar-refractivity contribution in [1.29, 1.82) is 0 Å². The van der Waals surface area contributed by atoms with Crippen molar-refractivity contribution in [2.75, 3.05) is 51.5 Å². The summed E-state index contributed by atoms with van der Waals surface area (Å²) in [6.45, 7) is 6.36. The van der Waals surface area contributed by atoms with E-state index in [1.165, 1.54) is 4.90 Å². The summed E-state index contributed by atoms with van der Waals surface area (Å²) in [6.07, 6.45) is 4.83. The fourth-order valence-electron chi connectivity index (χ4n) is 3.87. The highest BCUT2D eigenvalue weighted by atomic mass is 16.2. The molecule has 1 saturated carbocycles. The van der Waals surface area contributed by atoms with Gasteiger partial charge in [0.15, 0.2) is 0 Å². The van der Waals surface area contributed by atoms with E-state index < -0.39 is 0 Å². The molecule has 1 fully saturated rings. The number of hydrogen-bond donors (Lipinski definition) is 2. The highest BCUT2D eigenvalue weighted by Gasteiger charge is 2.26. The van der Waals surface area contributed by atoms with Crippen LogP contribution in [0.25, 0.3) is 0 Å². The van der Waals surface area contributed by atoms with Crippen molar-refractivity contribution in [2.24, 2.45) is 11.8 Å². The fourth-order valence-corrected chi connectivity index (χ4v) is 3.87. The van der Waals surface area contributed by atoms with Gasteiger partial charge in [0.2, 0.25) is 11.8 Å². The van der Waals surface area contributed by atoms with Crippen molar-refractivity contribution in [2.45, 2.75) is 52.5 Å². The molecule has 168 valence electrons. The summed E-state index contributed by atoms with van der Waals surface area (Å²) < 4.78 is 0. The highest BCUT2D eigenvalue weighted by Crippen LogP contribution is 2.29. The molecule has 0 atom stereocenters. The SMILES string of the molecule is CCC(CC)C(=O)N(CC[NH+](C)C)Cc1cc(NC(=O)C2CCC2)ccc1N(C)C. The molecule has 0 unspecified atom stereocenters. The summed E-state index contributed by atoms with van der Waals surface area (Å²) in [5.74, 6) is 0.560. The number of benzene rings is 1. The molecular formula is C24H41N4O2+. The van der Waals surface area contributed by atoms with Crippen molar-refractivity contribution in [3.8, 4) is 0 Å². The number of rotatable bonds is 11. The third kappa shape index (κ3) is 6.46. The van der Waals surface area contributed by atoms with Crippen molar-refractivity contribution < 1.29 is 14.5 Å². The first-order valence-corrected chi connectivity index (χ1v) is 11.5. The smallest absolute Gasteiger partial charge is 0.227 e. The predicted octanol–water partition coefficient (Wildman–Crippen LogP) is 2.40. The van der Waals surface area contributed by atoms with E-state index >= 15 is 0 Å². The van der Waals surface area contributed by atoms with Crippen LogP contribution in [0, 0.1) is 11.8 Å². The van der Waals surface area contributed by atoms with Crippen LogP contribution in [0.4, 0.5) is 11.4 Å². The first kappa shape index (κ1) is 24.2. The van der Waals surface area contributed by atoms with Gasteiger partial charge in [-0.1, -0.05) is 20.3 Å². The second kappa shape index (κ2) is 11.3. The van der Waals surface area contributed by atoms with Gasteiger partial charge in [0.05, 0.1) is 27.2 Å². The Hall–Kier alpha value is -2.08. The lowest BCUT2D eigenvalue weighted by Gasteiger charge is -2.29. The Morgan fingerprint density at radius 2 is 1.83 bits per heavy atom. The molecule has 2 N–H and O–H groups in total. The number of carbonyl (C=O) groups excluding carboxylic acids is 2. The maximum absolute atomic E-state index is 13.2. The van der Waals surface area contributed by atoms with Crippen LogP contribution < -0.4 is 15.1 Å². The summed E-state index contributed by atoms with van der Waals surface area (Å²) in [5, 5.41) is 3.08. The van der Waals surface area contributed by atoms with Gasteiger partial charge >= 0.3 is 0 Å². The van der Waals surface area contributed by atoms with Crippen LogP contribution in [0.3, 0.4) is 0 Å². The largest absolute Gasteiger partial charge is 0.377 e. The van der Waals surface area contributed by atoms with E-state index in [0.29, 0.717) is 6.54 Å². The molecule has 1 aliphatic carbocycles. The molecule has 0 aliphatic heterocycles. The van der Waals surface area contributed by atoms with Gasteiger partial charge in [-0.15, -0.1) is 0 Å². The number of nitrogens with zero attached hydrogens (tertiary/aromatic N) is 2. The van der Waals surface area contributed by atoms with Crippen LogP contribution in [0.15, 0.2) is 18.2 Å². The Bertz CT molecular complexity index is 709. The lowest BCUT2D eigenvalue weighted by Crippen LogP contribution is -3.06. The quantitative estimate of drug-likeness (QED) is 0.581. The number of amides is 2. The number of quaternary nitrogens is 1. The average molecular weight is 418 g/mol. The number of nitrogens with one attached hydrogen (secondary N) is 2. The van der Waals surface area contributed by atoms with Crippen molar-refractivity contribution >= 4 is 23.2 Å². The van der Waals surface area contributed by atoms with Gasteiger partial charge < -0.3 is 20.0 Å². The first-order valence-electron chi connectivity index (χ1n) is 11.5. The minimum Gasteiger partial charge on any atom is -0.377 e. The number of anilines is 2. The monoisotopic (exact) mass is 417 g/mol. The molecule has 0 radical (unpaired) electrons. The summed E-state index contributed by atoms with van der Waals surface area (Å²) in [5.41, 5.74) is 2.97. The summed E-state index contributed by atoms with van der Waals surface area (Å²) in [6, 6.07) is 6.05. The zero-order valence-electron chi connectivity index (χ0n) is 19.8. The maximum atomic E-state index is 13.2. The molecule has 0 spiro atoms. The second-order valence-corrected chi connectivity index (χ2v) is 9.09. The molecule has 2 rings (SSSR count). The molecule has 1 aromatic rings. The molecule has 0 aromatic heterocycles. The van der Waals surface area contributed by atoms with Gasteiger partial charge in [0.1, 0.15) is 0 Å². The lowest BCUT2D eigenvalue weighted by atomic mass is 9.85. The number of hydrogen-bond acceptors (Lipinski definition) is 3. The molecule has 0 heterocycles. The van der Waals surface area contributed by atoms with Crippen LogP contribution in [0.5, 0.6) is 0 Å². The molecular weight excluding hydrogens is 376 g/mol. The Labute approximate surface area is 182 Å². The van der Waals surface area contributed by atoms with Crippen LogP contribution in [0.1, 0.15) is 51.5 Å². The van der Waals surface area contributed by atoms with Gasteiger partial charge in [-0.3, -0.25) is 9.59 Å². The molecule has 30 heavy (non-hydrogen) atoms. The van der Waals surface area contributed by atoms with Gasteiger partial charge in [-0.05, 0) is 49.4 Å². The Kier molecular flexibility index (Phi) is 9.15. The summed E-state index contributed by atoms with van der Waals surface area (Å²) >= 11 is 0. The van der Waals surface area contributed by atoms with Gasteiger partial charge in [-0.25, -0.2) is 0 Å². The third-order valence-electron chi connectivity index (χ3n) is 6.19. The van der Waals surface area contributed by atoms with E-state index in [0.717, 1.165) is 62.1 Å². The molecule has 6 heteroatoms. The number of carbonyl (C=O) groups is 2. The zero-order valence-corrected chi connectivity index (χ0v) is 19.8. The lowest BCUT2D eigenvalue weighted by molar-refractivity contribution is -0.857. The van der Waals surface area contributed by atoms with E-state index in [4.69, 9.17) is 0 Å². The van der Waals surface area contributed by atoms with Crippen LogP contribution in [0.2, 0.25) is 0 Å². The molecule has 1 aliphatic rings. The van der Waals surface area contributed by atoms with E-state index in [9.17, 15) is 9.59 Å². The number of likely N-dealkylation sites (N-methyl/N-ethyl adjacent to an activating group) is 1. The molecule has 6 nitrogen and oxygen atoms in total. The molecule has 0 bridgehead atoms. The Morgan fingerprint density at radius 3 is 2.33 bits per heavy atom. The van der Waals surface area contributed by atoms with Crippen LogP contribution in [-0.2, 0) is 16.1 Å². The van der Waals surface area contributed by atoms with Gasteiger partial charge in [0, 0.05) is 43.9 Å². The standard InChI is InChI=1S/C24H40N4O2/c1-7-18(8-2)24(30)28(15-14-26(3)4)17-20-16-21(12-13-22(20)27(5)6)25-23(29)19-10-9-11-19/h12-13,16,18-19H,7-11,14-15,17H2,1-6H3,(H,25,29)/p+1. The Balaban J connectivity index is 2.26. The highest BCUT2D eigenvalue weighted by molar-refractivity contribution is 5.93.